The van der Waals surface area contributed by atoms with E-state index in [4.69, 9.17) is 10.5 Å². The van der Waals surface area contributed by atoms with Crippen LogP contribution in [0.2, 0.25) is 0 Å². The summed E-state index contributed by atoms with van der Waals surface area (Å²) in [4.78, 5) is 0. The summed E-state index contributed by atoms with van der Waals surface area (Å²) < 4.78 is 33.0. The molecule has 0 aliphatic heterocycles. The summed E-state index contributed by atoms with van der Waals surface area (Å²) >= 11 is 0. The Morgan fingerprint density at radius 1 is 1.19 bits per heavy atom. The van der Waals surface area contributed by atoms with Gasteiger partial charge in [-0.2, -0.15) is 0 Å². The highest BCUT2D eigenvalue weighted by atomic mass is 19.1. The molecule has 1 atom stereocenters. The predicted molar refractivity (Wildman–Crippen MR) is 77.2 cm³/mol. The van der Waals surface area contributed by atoms with Crippen molar-refractivity contribution in [3.8, 4) is 5.75 Å². The summed E-state index contributed by atoms with van der Waals surface area (Å²) in [6.07, 6.45) is 1.63. The molecule has 21 heavy (non-hydrogen) atoms. The molecule has 0 bridgehead atoms. The summed E-state index contributed by atoms with van der Waals surface area (Å²) in [5.41, 5.74) is 7.81. The first-order chi connectivity index (χ1) is 10.0. The molecule has 0 amide bonds. The van der Waals surface area contributed by atoms with E-state index in [9.17, 15) is 8.78 Å². The maximum absolute atomic E-state index is 13.9. The Kier molecular flexibility index (Phi) is 3.41. The van der Waals surface area contributed by atoms with Gasteiger partial charge in [0.2, 0.25) is 0 Å². The van der Waals surface area contributed by atoms with Crippen molar-refractivity contribution in [2.75, 3.05) is 7.11 Å². The van der Waals surface area contributed by atoms with Crippen molar-refractivity contribution < 1.29 is 13.5 Å². The molecule has 2 aromatic carbocycles. The van der Waals surface area contributed by atoms with E-state index >= 15 is 0 Å². The van der Waals surface area contributed by atoms with Crippen molar-refractivity contribution in [1.29, 1.82) is 0 Å². The maximum Gasteiger partial charge on any atom is 0.129 e. The SMILES string of the molecule is COc1ccc2c(c1)C(N)(Cc1c(F)cccc1F)CC2. The fraction of sp³-hybridized carbons (Fsp3) is 0.294. The number of hydrogen-bond acceptors (Lipinski definition) is 2. The van der Waals surface area contributed by atoms with E-state index in [1.807, 2.05) is 18.2 Å². The normalized spacial score (nSPS) is 20.4. The Morgan fingerprint density at radius 3 is 2.57 bits per heavy atom. The Balaban J connectivity index is 2.01. The van der Waals surface area contributed by atoms with Crippen LogP contribution in [0.5, 0.6) is 5.75 Å². The lowest BCUT2D eigenvalue weighted by molar-refractivity contribution is 0.402. The molecule has 0 aromatic heterocycles. The number of hydrogen-bond donors (Lipinski definition) is 1. The number of nitrogens with two attached hydrogens (primary N) is 1. The molecule has 110 valence electrons. The Morgan fingerprint density at radius 2 is 1.90 bits per heavy atom. The van der Waals surface area contributed by atoms with E-state index in [2.05, 4.69) is 0 Å². The van der Waals surface area contributed by atoms with E-state index < -0.39 is 17.2 Å². The third-order valence-corrected chi connectivity index (χ3v) is 4.25. The average molecular weight is 289 g/mol. The van der Waals surface area contributed by atoms with Crippen molar-refractivity contribution in [1.82, 2.24) is 0 Å². The van der Waals surface area contributed by atoms with Gasteiger partial charge in [-0.1, -0.05) is 12.1 Å². The minimum absolute atomic E-state index is 0.0515. The quantitative estimate of drug-likeness (QED) is 0.940. The smallest absolute Gasteiger partial charge is 0.129 e. The molecule has 2 nitrogen and oxygen atoms in total. The van der Waals surface area contributed by atoms with Gasteiger partial charge in [0.05, 0.1) is 7.11 Å². The summed E-state index contributed by atoms with van der Waals surface area (Å²) in [6.45, 7) is 0. The van der Waals surface area contributed by atoms with E-state index in [-0.39, 0.29) is 12.0 Å². The lowest BCUT2D eigenvalue weighted by Gasteiger charge is -2.26. The zero-order valence-corrected chi connectivity index (χ0v) is 11.8. The highest BCUT2D eigenvalue weighted by molar-refractivity contribution is 5.45. The number of methoxy groups -OCH3 is 1. The van der Waals surface area contributed by atoms with Crippen molar-refractivity contribution in [2.45, 2.75) is 24.8 Å². The van der Waals surface area contributed by atoms with Crippen LogP contribution in [0, 0.1) is 11.6 Å². The zero-order valence-electron chi connectivity index (χ0n) is 11.8. The fourth-order valence-electron chi connectivity index (χ4n) is 3.06. The minimum atomic E-state index is -0.757. The number of ether oxygens (including phenoxy) is 1. The van der Waals surface area contributed by atoms with Crippen LogP contribution < -0.4 is 10.5 Å². The minimum Gasteiger partial charge on any atom is -0.497 e. The third-order valence-electron chi connectivity index (χ3n) is 4.25. The lowest BCUT2D eigenvalue weighted by Crippen LogP contribution is -2.37. The molecule has 1 unspecified atom stereocenters. The molecular weight excluding hydrogens is 272 g/mol. The van der Waals surface area contributed by atoms with Crippen LogP contribution in [0.15, 0.2) is 36.4 Å². The molecule has 0 saturated heterocycles. The fourth-order valence-corrected chi connectivity index (χ4v) is 3.06. The van der Waals surface area contributed by atoms with Crippen LogP contribution in [-0.4, -0.2) is 7.11 Å². The molecular formula is C17H17F2NO. The molecule has 0 radical (unpaired) electrons. The van der Waals surface area contributed by atoms with Crippen LogP contribution >= 0.6 is 0 Å². The van der Waals surface area contributed by atoms with Crippen LogP contribution in [0.1, 0.15) is 23.1 Å². The van der Waals surface area contributed by atoms with Crippen molar-refractivity contribution in [2.24, 2.45) is 5.73 Å². The predicted octanol–water partition coefficient (Wildman–Crippen LogP) is 3.32. The third kappa shape index (κ3) is 2.40. The number of benzene rings is 2. The summed E-state index contributed by atoms with van der Waals surface area (Å²) in [5, 5.41) is 0. The van der Waals surface area contributed by atoms with E-state index in [1.165, 1.54) is 18.2 Å². The van der Waals surface area contributed by atoms with Gasteiger partial charge in [0.25, 0.3) is 0 Å². The van der Waals surface area contributed by atoms with Gasteiger partial charge in [-0.25, -0.2) is 8.78 Å². The van der Waals surface area contributed by atoms with E-state index in [0.29, 0.717) is 12.2 Å². The van der Waals surface area contributed by atoms with Crippen LogP contribution in [0.3, 0.4) is 0 Å². The van der Waals surface area contributed by atoms with Gasteiger partial charge in [0, 0.05) is 17.5 Å². The highest BCUT2D eigenvalue weighted by Crippen LogP contribution is 2.39. The molecule has 1 aliphatic rings. The molecule has 2 aromatic rings. The Labute approximate surface area is 122 Å². The van der Waals surface area contributed by atoms with Gasteiger partial charge in [-0.05, 0) is 48.2 Å². The molecule has 0 heterocycles. The number of halogens is 2. The van der Waals surface area contributed by atoms with Gasteiger partial charge in [0.15, 0.2) is 0 Å². The standard InChI is InChI=1S/C17H17F2NO/c1-21-12-6-5-11-7-8-17(20,14(11)9-12)10-13-15(18)3-2-4-16(13)19/h2-6,9H,7-8,10,20H2,1H3. The number of aryl methyl sites for hydroxylation is 1. The monoisotopic (exact) mass is 289 g/mol. The van der Waals surface area contributed by atoms with Gasteiger partial charge < -0.3 is 10.5 Å². The topological polar surface area (TPSA) is 35.2 Å². The van der Waals surface area contributed by atoms with Crippen LogP contribution in [-0.2, 0) is 18.4 Å². The second kappa shape index (κ2) is 5.11. The first kappa shape index (κ1) is 14.0. The molecule has 4 heteroatoms. The first-order valence-electron chi connectivity index (χ1n) is 6.93. The number of fused-ring (bicyclic) bond motifs is 1. The lowest BCUT2D eigenvalue weighted by atomic mass is 9.85. The van der Waals surface area contributed by atoms with Crippen molar-refractivity contribution >= 4 is 0 Å². The molecule has 0 spiro atoms. The van der Waals surface area contributed by atoms with Gasteiger partial charge in [-0.15, -0.1) is 0 Å². The summed E-state index contributed by atoms with van der Waals surface area (Å²) in [7, 11) is 1.59. The van der Waals surface area contributed by atoms with E-state index in [1.54, 1.807) is 7.11 Å². The summed E-state index contributed by atoms with van der Waals surface area (Å²) in [5.74, 6) is -0.383. The average Bonchev–Trinajstić information content (AvgIpc) is 2.80. The van der Waals surface area contributed by atoms with Crippen LogP contribution in [0.4, 0.5) is 8.78 Å². The van der Waals surface area contributed by atoms with Gasteiger partial charge in [0.1, 0.15) is 17.4 Å². The van der Waals surface area contributed by atoms with Gasteiger partial charge >= 0.3 is 0 Å². The second-order valence-electron chi connectivity index (χ2n) is 5.56. The molecule has 3 rings (SSSR count). The zero-order chi connectivity index (χ0) is 15.0. The van der Waals surface area contributed by atoms with Crippen molar-refractivity contribution in [3.05, 3.63) is 64.7 Å². The highest BCUT2D eigenvalue weighted by Gasteiger charge is 2.36. The van der Waals surface area contributed by atoms with Crippen molar-refractivity contribution in [3.63, 3.8) is 0 Å². The molecule has 1 aliphatic carbocycles. The largest absolute Gasteiger partial charge is 0.497 e. The van der Waals surface area contributed by atoms with E-state index in [0.717, 1.165) is 17.5 Å². The maximum atomic E-state index is 13.9. The first-order valence-corrected chi connectivity index (χ1v) is 6.93. The van der Waals surface area contributed by atoms with Gasteiger partial charge in [-0.3, -0.25) is 0 Å². The number of rotatable bonds is 3. The van der Waals surface area contributed by atoms with Crippen LogP contribution in [0.25, 0.3) is 0 Å². The molecule has 0 saturated carbocycles. The second-order valence-corrected chi connectivity index (χ2v) is 5.56. The Hall–Kier alpha value is -1.94. The summed E-state index contributed by atoms with van der Waals surface area (Å²) in [6, 6.07) is 9.63. The molecule has 0 fully saturated rings. The Bertz CT molecular complexity index is 666. The molecule has 2 N–H and O–H groups in total.